The van der Waals surface area contributed by atoms with Crippen LogP contribution in [-0.2, 0) is 4.79 Å². The van der Waals surface area contributed by atoms with Crippen molar-refractivity contribution in [3.8, 4) is 11.3 Å². The molecule has 2 N–H and O–H groups in total. The Labute approximate surface area is 209 Å². The van der Waals surface area contributed by atoms with Gasteiger partial charge in [0.1, 0.15) is 11.5 Å². The van der Waals surface area contributed by atoms with Gasteiger partial charge in [-0.15, -0.1) is 0 Å². The van der Waals surface area contributed by atoms with Crippen molar-refractivity contribution in [1.29, 1.82) is 0 Å². The molecule has 1 aliphatic carbocycles. The highest BCUT2D eigenvalue weighted by Crippen LogP contribution is 2.42. The number of furan rings is 1. The minimum Gasteiger partial charge on any atom is -0.478 e. The lowest BCUT2D eigenvalue weighted by Gasteiger charge is -2.39. The van der Waals surface area contributed by atoms with Crippen molar-refractivity contribution < 1.29 is 19.1 Å². The minimum absolute atomic E-state index is 0.00562. The van der Waals surface area contributed by atoms with Crippen LogP contribution in [0.2, 0.25) is 0 Å². The maximum Gasteiger partial charge on any atom is 0.336 e. The quantitative estimate of drug-likeness (QED) is 0.384. The number of nitrogens with one attached hydrogen (secondary N) is 1. The Hall–Kier alpha value is -3.45. The van der Waals surface area contributed by atoms with E-state index in [9.17, 15) is 14.7 Å². The van der Waals surface area contributed by atoms with Crippen LogP contribution in [0.1, 0.15) is 48.7 Å². The fourth-order valence-corrected chi connectivity index (χ4v) is 6.15. The molecule has 2 aromatic carbocycles. The molecule has 35 heavy (non-hydrogen) atoms. The summed E-state index contributed by atoms with van der Waals surface area (Å²) >= 11 is 1.50. The summed E-state index contributed by atoms with van der Waals surface area (Å²) in [4.78, 5) is 27.9. The Morgan fingerprint density at radius 1 is 1.06 bits per heavy atom. The van der Waals surface area contributed by atoms with Gasteiger partial charge in [0.2, 0.25) is 0 Å². The van der Waals surface area contributed by atoms with Gasteiger partial charge in [-0.3, -0.25) is 4.79 Å². The number of carboxylic acid groups (broad SMARTS) is 1. The van der Waals surface area contributed by atoms with Crippen LogP contribution in [-0.4, -0.2) is 33.4 Å². The number of nitrogens with zero attached hydrogens (tertiary/aromatic N) is 1. The Morgan fingerprint density at radius 2 is 1.80 bits per heavy atom. The van der Waals surface area contributed by atoms with E-state index in [1.807, 2.05) is 35.2 Å². The van der Waals surface area contributed by atoms with Crippen LogP contribution in [0.5, 0.6) is 0 Å². The first-order valence-electron chi connectivity index (χ1n) is 12.0. The van der Waals surface area contributed by atoms with E-state index in [4.69, 9.17) is 4.42 Å². The summed E-state index contributed by atoms with van der Waals surface area (Å²) in [7, 11) is 0. The zero-order valence-corrected chi connectivity index (χ0v) is 20.3. The molecular formula is C28H28N2O4S. The smallest absolute Gasteiger partial charge is 0.336 e. The fraction of sp³-hybridized carbons (Fsp3) is 0.286. The molecule has 2 fully saturated rings. The molecule has 3 aromatic rings. The molecule has 0 spiro atoms. The predicted molar refractivity (Wildman–Crippen MR) is 139 cm³/mol. The number of benzene rings is 2. The molecule has 2 aliphatic rings. The zero-order chi connectivity index (χ0) is 24.4. The van der Waals surface area contributed by atoms with Gasteiger partial charge in [-0.05, 0) is 49.1 Å². The lowest BCUT2D eigenvalue weighted by atomic mass is 9.85. The van der Waals surface area contributed by atoms with Gasteiger partial charge >= 0.3 is 5.97 Å². The number of carbonyl (C=O) groups excluding carboxylic acids is 1. The molecule has 0 bridgehead atoms. The van der Waals surface area contributed by atoms with Gasteiger partial charge in [0.15, 0.2) is 5.50 Å². The van der Waals surface area contributed by atoms with Crippen LogP contribution in [0.3, 0.4) is 0 Å². The fourth-order valence-electron chi connectivity index (χ4n) is 4.96. The summed E-state index contributed by atoms with van der Waals surface area (Å²) in [5.74, 6) is 0.419. The van der Waals surface area contributed by atoms with Crippen LogP contribution in [0.25, 0.3) is 17.4 Å². The van der Waals surface area contributed by atoms with Gasteiger partial charge < -0.3 is 19.7 Å². The summed E-state index contributed by atoms with van der Waals surface area (Å²) < 4.78 is 5.98. The Bertz CT molecular complexity index is 1250. The van der Waals surface area contributed by atoms with Crippen LogP contribution in [0, 0.1) is 5.92 Å². The SMILES string of the molecule is C[C@@H]1CCCC[C@@H]1N1C(=O)/C(=C/c2ccc(-c3ccccc3C(=O)O)o2)SC1Nc1ccccc1. The lowest BCUT2D eigenvalue weighted by Crippen LogP contribution is -2.48. The maximum atomic E-state index is 13.7. The van der Waals surface area contributed by atoms with Crippen LogP contribution in [0.15, 0.2) is 76.1 Å². The van der Waals surface area contributed by atoms with E-state index >= 15 is 0 Å². The van der Waals surface area contributed by atoms with E-state index in [2.05, 4.69) is 12.2 Å². The second kappa shape index (κ2) is 10.0. The molecule has 180 valence electrons. The molecule has 0 radical (unpaired) electrons. The number of rotatable bonds is 6. The first kappa shape index (κ1) is 23.3. The highest BCUT2D eigenvalue weighted by molar-refractivity contribution is 8.05. The van der Waals surface area contributed by atoms with E-state index in [-0.39, 0.29) is 23.0 Å². The number of amides is 1. The molecule has 1 amide bonds. The zero-order valence-electron chi connectivity index (χ0n) is 19.5. The molecule has 3 atom stereocenters. The summed E-state index contributed by atoms with van der Waals surface area (Å²) in [6.45, 7) is 2.24. The Morgan fingerprint density at radius 3 is 2.57 bits per heavy atom. The number of anilines is 1. The van der Waals surface area contributed by atoms with Crippen LogP contribution >= 0.6 is 11.8 Å². The molecule has 2 heterocycles. The average molecular weight is 489 g/mol. The van der Waals surface area contributed by atoms with Crippen molar-refractivity contribution in [2.45, 2.75) is 44.1 Å². The van der Waals surface area contributed by atoms with E-state index in [0.29, 0.717) is 27.9 Å². The molecule has 7 heteroatoms. The first-order chi connectivity index (χ1) is 17.0. The summed E-state index contributed by atoms with van der Waals surface area (Å²) in [5.41, 5.74) is 1.45. The van der Waals surface area contributed by atoms with Gasteiger partial charge in [-0.25, -0.2) is 4.79 Å². The molecule has 1 unspecified atom stereocenters. The topological polar surface area (TPSA) is 82.8 Å². The van der Waals surface area contributed by atoms with Gasteiger partial charge in [0, 0.05) is 23.4 Å². The average Bonchev–Trinajstić information content (AvgIpc) is 3.45. The van der Waals surface area contributed by atoms with Crippen molar-refractivity contribution in [1.82, 2.24) is 4.90 Å². The number of hydrogen-bond donors (Lipinski definition) is 2. The second-order valence-electron chi connectivity index (χ2n) is 9.08. The normalized spacial score (nSPS) is 23.6. The summed E-state index contributed by atoms with van der Waals surface area (Å²) in [6, 6.07) is 20.4. The van der Waals surface area contributed by atoms with E-state index in [1.54, 1.807) is 42.5 Å². The molecule has 1 saturated heterocycles. The van der Waals surface area contributed by atoms with Gasteiger partial charge in [0.05, 0.1) is 10.5 Å². The first-order valence-corrected chi connectivity index (χ1v) is 12.8. The number of aromatic carboxylic acids is 1. The van der Waals surface area contributed by atoms with Crippen LogP contribution < -0.4 is 5.32 Å². The highest BCUT2D eigenvalue weighted by atomic mass is 32.2. The molecule has 1 aromatic heterocycles. The standard InChI is InChI=1S/C28H28N2O4S/c1-18-9-5-8-14-23(18)30-26(31)25(35-28(30)29-19-10-3-2-4-11-19)17-20-15-16-24(34-20)21-12-6-7-13-22(21)27(32)33/h2-4,6-7,10-13,15-18,23,28-29H,5,8-9,14H2,1H3,(H,32,33)/b25-17-/t18-,23+,28?/m1/s1. The molecule has 5 rings (SSSR count). The molecular weight excluding hydrogens is 460 g/mol. The highest BCUT2D eigenvalue weighted by Gasteiger charge is 2.43. The van der Waals surface area contributed by atoms with E-state index in [0.717, 1.165) is 24.9 Å². The number of carboxylic acids is 1. The molecule has 1 aliphatic heterocycles. The largest absolute Gasteiger partial charge is 0.478 e. The number of thioether (sulfide) groups is 1. The summed E-state index contributed by atoms with van der Waals surface area (Å²) in [5, 5.41) is 13.0. The van der Waals surface area contributed by atoms with Gasteiger partial charge in [-0.2, -0.15) is 0 Å². The van der Waals surface area contributed by atoms with Crippen molar-refractivity contribution in [2.75, 3.05) is 5.32 Å². The van der Waals surface area contributed by atoms with E-state index in [1.165, 1.54) is 18.2 Å². The maximum absolute atomic E-state index is 13.7. The van der Waals surface area contributed by atoms with E-state index < -0.39 is 5.97 Å². The molecule has 1 saturated carbocycles. The third-order valence-electron chi connectivity index (χ3n) is 6.75. The monoisotopic (exact) mass is 488 g/mol. The van der Waals surface area contributed by atoms with Crippen molar-refractivity contribution in [3.63, 3.8) is 0 Å². The lowest BCUT2D eigenvalue weighted by molar-refractivity contribution is -0.129. The molecule has 6 nitrogen and oxygen atoms in total. The van der Waals surface area contributed by atoms with Crippen molar-refractivity contribution in [3.05, 3.63) is 83.0 Å². The number of para-hydroxylation sites is 1. The Balaban J connectivity index is 1.44. The van der Waals surface area contributed by atoms with Crippen molar-refractivity contribution >= 4 is 35.4 Å². The second-order valence-corrected chi connectivity index (χ2v) is 10.2. The van der Waals surface area contributed by atoms with Gasteiger partial charge in [-0.1, -0.05) is 67.9 Å². The number of carbonyl (C=O) groups is 2. The van der Waals surface area contributed by atoms with Crippen molar-refractivity contribution in [2.24, 2.45) is 5.92 Å². The predicted octanol–water partition coefficient (Wildman–Crippen LogP) is 6.54. The minimum atomic E-state index is -1.01. The summed E-state index contributed by atoms with van der Waals surface area (Å²) in [6.07, 6.45) is 6.24. The van der Waals surface area contributed by atoms with Crippen LogP contribution in [0.4, 0.5) is 5.69 Å². The Kier molecular flexibility index (Phi) is 6.68. The third-order valence-corrected chi connectivity index (χ3v) is 7.86. The third kappa shape index (κ3) is 4.86. The van der Waals surface area contributed by atoms with Gasteiger partial charge in [0.25, 0.3) is 5.91 Å². The number of hydrogen-bond acceptors (Lipinski definition) is 5.